The number of halogens is 3. The highest BCUT2D eigenvalue weighted by Crippen LogP contribution is 2.29. The Balaban J connectivity index is 2.00. The third-order valence-corrected chi connectivity index (χ3v) is 2.83. The van der Waals surface area contributed by atoms with Gasteiger partial charge in [-0.15, -0.1) is 0 Å². The Labute approximate surface area is 118 Å². The van der Waals surface area contributed by atoms with Crippen LogP contribution in [0.5, 0.6) is 0 Å². The van der Waals surface area contributed by atoms with E-state index >= 15 is 0 Å². The first-order valence-electron chi connectivity index (χ1n) is 6.16. The molecule has 2 rings (SSSR count). The number of hydrogen-bond acceptors (Lipinski definition) is 3. The van der Waals surface area contributed by atoms with Gasteiger partial charge >= 0.3 is 12.1 Å². The Morgan fingerprint density at radius 3 is 2.48 bits per heavy atom. The van der Waals surface area contributed by atoms with Crippen LogP contribution in [-0.4, -0.2) is 16.1 Å². The molecule has 0 saturated carbocycles. The quantitative estimate of drug-likeness (QED) is 0.920. The topological polar surface area (TPSA) is 63.3 Å². The third-order valence-electron chi connectivity index (χ3n) is 2.83. The molecule has 0 amide bonds. The Bertz CT molecular complexity index is 617. The number of carbonyl (C=O) groups is 1. The maximum atomic E-state index is 12.4. The fourth-order valence-electron chi connectivity index (χ4n) is 1.77. The van der Waals surface area contributed by atoms with Crippen molar-refractivity contribution >= 4 is 5.97 Å². The van der Waals surface area contributed by atoms with Gasteiger partial charge in [0.05, 0.1) is 17.7 Å². The number of aromatic nitrogens is 1. The van der Waals surface area contributed by atoms with E-state index in [0.717, 1.165) is 12.1 Å². The van der Waals surface area contributed by atoms with Gasteiger partial charge in [0.15, 0.2) is 5.89 Å². The van der Waals surface area contributed by atoms with Gasteiger partial charge in [0.2, 0.25) is 0 Å². The number of aliphatic carboxylic acids is 1. The van der Waals surface area contributed by atoms with Crippen LogP contribution < -0.4 is 0 Å². The fraction of sp³-hybridized carbons (Fsp3) is 0.286. The highest BCUT2D eigenvalue weighted by atomic mass is 19.4. The molecule has 0 spiro atoms. The SMILES string of the molecule is O=C(O)CCc1coc(Cc2ccc(C(F)(F)F)cc2)n1. The van der Waals surface area contributed by atoms with Crippen LogP contribution in [0.2, 0.25) is 0 Å². The van der Waals surface area contributed by atoms with Gasteiger partial charge in [-0.3, -0.25) is 4.79 Å². The molecule has 0 aliphatic heterocycles. The van der Waals surface area contributed by atoms with E-state index in [9.17, 15) is 18.0 Å². The summed E-state index contributed by atoms with van der Waals surface area (Å²) in [5.74, 6) is -0.586. The van der Waals surface area contributed by atoms with E-state index in [4.69, 9.17) is 9.52 Å². The molecule has 1 N–H and O–H groups in total. The van der Waals surface area contributed by atoms with Gasteiger partial charge in [-0.25, -0.2) is 4.98 Å². The van der Waals surface area contributed by atoms with Crippen molar-refractivity contribution in [1.82, 2.24) is 4.98 Å². The fourth-order valence-corrected chi connectivity index (χ4v) is 1.77. The highest BCUT2D eigenvalue weighted by molar-refractivity contribution is 5.66. The molecule has 0 bridgehead atoms. The molecule has 0 saturated heterocycles. The molecule has 0 aliphatic rings. The lowest BCUT2D eigenvalue weighted by atomic mass is 10.1. The van der Waals surface area contributed by atoms with Gasteiger partial charge in [-0.2, -0.15) is 13.2 Å². The molecule has 7 heteroatoms. The van der Waals surface area contributed by atoms with Gasteiger partial charge < -0.3 is 9.52 Å². The van der Waals surface area contributed by atoms with Crippen LogP contribution in [0.4, 0.5) is 13.2 Å². The summed E-state index contributed by atoms with van der Waals surface area (Å²) in [6.45, 7) is 0. The minimum absolute atomic E-state index is 0.0494. The molecule has 0 atom stereocenters. The van der Waals surface area contributed by atoms with Crippen LogP contribution in [0.25, 0.3) is 0 Å². The summed E-state index contributed by atoms with van der Waals surface area (Å²) < 4.78 is 42.4. The highest BCUT2D eigenvalue weighted by Gasteiger charge is 2.29. The minimum Gasteiger partial charge on any atom is -0.481 e. The molecule has 0 unspecified atom stereocenters. The first-order chi connectivity index (χ1) is 9.84. The first-order valence-corrected chi connectivity index (χ1v) is 6.16. The van der Waals surface area contributed by atoms with Gasteiger partial charge in [0, 0.05) is 12.8 Å². The lowest BCUT2D eigenvalue weighted by Crippen LogP contribution is -2.04. The number of carboxylic acid groups (broad SMARTS) is 1. The molecule has 112 valence electrons. The largest absolute Gasteiger partial charge is 0.481 e. The van der Waals surface area contributed by atoms with Gasteiger partial charge in [-0.05, 0) is 17.7 Å². The summed E-state index contributed by atoms with van der Waals surface area (Å²) in [7, 11) is 0. The summed E-state index contributed by atoms with van der Waals surface area (Å²) in [6, 6.07) is 4.74. The Kier molecular flexibility index (Phi) is 4.30. The van der Waals surface area contributed by atoms with Gasteiger partial charge in [0.1, 0.15) is 6.26 Å². The number of hydrogen-bond donors (Lipinski definition) is 1. The number of benzene rings is 1. The average molecular weight is 299 g/mol. The first kappa shape index (κ1) is 15.1. The van der Waals surface area contributed by atoms with Crippen molar-refractivity contribution in [1.29, 1.82) is 0 Å². The van der Waals surface area contributed by atoms with Crippen molar-refractivity contribution in [2.24, 2.45) is 0 Å². The molecule has 1 aromatic carbocycles. The van der Waals surface area contributed by atoms with E-state index in [2.05, 4.69) is 4.98 Å². The minimum atomic E-state index is -4.36. The number of rotatable bonds is 5. The Morgan fingerprint density at radius 2 is 1.90 bits per heavy atom. The van der Waals surface area contributed by atoms with Crippen LogP contribution in [0.15, 0.2) is 34.9 Å². The zero-order chi connectivity index (χ0) is 15.5. The van der Waals surface area contributed by atoms with Crippen LogP contribution >= 0.6 is 0 Å². The van der Waals surface area contributed by atoms with Crippen molar-refractivity contribution in [3.63, 3.8) is 0 Å². The monoisotopic (exact) mass is 299 g/mol. The van der Waals surface area contributed by atoms with Crippen LogP contribution in [0.3, 0.4) is 0 Å². The molecular formula is C14H12F3NO3. The summed E-state index contributed by atoms with van der Waals surface area (Å²) in [5.41, 5.74) is 0.440. The number of alkyl halides is 3. The number of carboxylic acids is 1. The summed E-state index contributed by atoms with van der Waals surface area (Å²) >= 11 is 0. The van der Waals surface area contributed by atoms with E-state index in [0.29, 0.717) is 17.1 Å². The smallest absolute Gasteiger partial charge is 0.416 e. The van der Waals surface area contributed by atoms with E-state index < -0.39 is 17.7 Å². The molecule has 21 heavy (non-hydrogen) atoms. The number of aryl methyl sites for hydroxylation is 1. The second-order valence-electron chi connectivity index (χ2n) is 4.50. The molecule has 4 nitrogen and oxygen atoms in total. The van der Waals surface area contributed by atoms with Crippen LogP contribution in [0, 0.1) is 0 Å². The maximum Gasteiger partial charge on any atom is 0.416 e. The van der Waals surface area contributed by atoms with Gasteiger partial charge in [0.25, 0.3) is 0 Å². The second-order valence-corrected chi connectivity index (χ2v) is 4.50. The molecule has 0 radical (unpaired) electrons. The molecule has 1 heterocycles. The molecular weight excluding hydrogens is 287 g/mol. The number of nitrogens with zero attached hydrogens (tertiary/aromatic N) is 1. The predicted octanol–water partition coefficient (Wildman–Crippen LogP) is 3.30. The van der Waals surface area contributed by atoms with E-state index in [1.165, 1.54) is 18.4 Å². The van der Waals surface area contributed by atoms with Crippen molar-refractivity contribution < 1.29 is 27.5 Å². The van der Waals surface area contributed by atoms with E-state index in [-0.39, 0.29) is 19.3 Å². The lowest BCUT2D eigenvalue weighted by molar-refractivity contribution is -0.138. The zero-order valence-corrected chi connectivity index (χ0v) is 10.9. The predicted molar refractivity (Wildman–Crippen MR) is 66.7 cm³/mol. The summed E-state index contributed by atoms with van der Waals surface area (Å²) in [6.07, 6.45) is -2.53. The molecule has 0 aliphatic carbocycles. The maximum absolute atomic E-state index is 12.4. The van der Waals surface area contributed by atoms with Crippen LogP contribution in [-0.2, 0) is 23.8 Å². The summed E-state index contributed by atoms with van der Waals surface area (Å²) in [4.78, 5) is 14.5. The van der Waals surface area contributed by atoms with Crippen LogP contribution in [0.1, 0.15) is 29.1 Å². The van der Waals surface area contributed by atoms with Crippen molar-refractivity contribution in [3.8, 4) is 0 Å². The second kappa shape index (κ2) is 5.99. The van der Waals surface area contributed by atoms with Crippen molar-refractivity contribution in [2.45, 2.75) is 25.4 Å². The molecule has 1 aromatic heterocycles. The van der Waals surface area contributed by atoms with E-state index in [1.54, 1.807) is 0 Å². The normalized spacial score (nSPS) is 11.6. The standard InChI is InChI=1S/C14H12F3NO3/c15-14(16,17)10-3-1-9(2-4-10)7-12-18-11(8-21-12)5-6-13(19)20/h1-4,8H,5-7H2,(H,19,20). The molecule has 0 fully saturated rings. The molecule has 2 aromatic rings. The Morgan fingerprint density at radius 1 is 1.24 bits per heavy atom. The lowest BCUT2D eigenvalue weighted by Gasteiger charge is -2.06. The third kappa shape index (κ3) is 4.34. The van der Waals surface area contributed by atoms with Gasteiger partial charge in [-0.1, -0.05) is 12.1 Å². The average Bonchev–Trinajstić information content (AvgIpc) is 2.83. The van der Waals surface area contributed by atoms with E-state index in [1.807, 2.05) is 0 Å². The van der Waals surface area contributed by atoms with Crippen molar-refractivity contribution in [3.05, 3.63) is 53.2 Å². The van der Waals surface area contributed by atoms with Crippen molar-refractivity contribution in [2.75, 3.05) is 0 Å². The summed E-state index contributed by atoms with van der Waals surface area (Å²) in [5, 5.41) is 8.56. The number of oxazole rings is 1. The zero-order valence-electron chi connectivity index (χ0n) is 10.9. The Hall–Kier alpha value is -2.31.